The molecule has 110 valence electrons. The number of hydrogen-bond donors (Lipinski definition) is 2. The molecule has 0 bridgehead atoms. The maximum Gasteiger partial charge on any atom is 0.274 e. The first-order chi connectivity index (χ1) is 10.1. The third kappa shape index (κ3) is 3.81. The third-order valence-electron chi connectivity index (χ3n) is 3.20. The van der Waals surface area contributed by atoms with Gasteiger partial charge in [-0.1, -0.05) is 32.0 Å². The van der Waals surface area contributed by atoms with Crippen LogP contribution in [0, 0.1) is 0 Å². The van der Waals surface area contributed by atoms with Gasteiger partial charge in [0.25, 0.3) is 5.91 Å². The highest BCUT2D eigenvalue weighted by atomic mass is 16.1. The molecule has 0 saturated heterocycles. The average Bonchev–Trinajstić information content (AvgIpc) is 2.48. The molecule has 1 aromatic heterocycles. The monoisotopic (exact) mass is 283 g/mol. The van der Waals surface area contributed by atoms with Crippen LogP contribution in [0.5, 0.6) is 0 Å². The Morgan fingerprint density at radius 2 is 2.00 bits per heavy atom. The molecule has 2 rings (SSSR count). The molecule has 0 saturated carbocycles. The minimum Gasteiger partial charge on any atom is -0.385 e. The van der Waals surface area contributed by atoms with Crippen molar-refractivity contribution in [3.8, 4) is 0 Å². The van der Waals surface area contributed by atoms with Gasteiger partial charge in [0.2, 0.25) is 0 Å². The Labute approximate surface area is 125 Å². The first-order valence-corrected chi connectivity index (χ1v) is 7.22. The smallest absolute Gasteiger partial charge is 0.274 e. The highest BCUT2D eigenvalue weighted by Gasteiger charge is 2.12. The van der Waals surface area contributed by atoms with E-state index in [2.05, 4.69) is 29.5 Å². The van der Waals surface area contributed by atoms with Crippen LogP contribution in [0.15, 0.2) is 42.6 Å². The minimum absolute atomic E-state index is 0.192. The number of hydrogen-bond acceptors (Lipinski definition) is 3. The van der Waals surface area contributed by atoms with E-state index in [1.54, 1.807) is 12.3 Å². The van der Waals surface area contributed by atoms with Gasteiger partial charge in [-0.2, -0.15) is 0 Å². The second kappa shape index (κ2) is 6.88. The number of nitrogens with zero attached hydrogens (tertiary/aromatic N) is 1. The van der Waals surface area contributed by atoms with Crippen LogP contribution in [0.3, 0.4) is 0 Å². The number of rotatable bonds is 5. The van der Waals surface area contributed by atoms with E-state index in [0.717, 1.165) is 23.5 Å². The molecule has 4 nitrogen and oxygen atoms in total. The number of para-hydroxylation sites is 1. The zero-order valence-corrected chi connectivity index (χ0v) is 12.7. The molecular weight excluding hydrogens is 262 g/mol. The second-order valence-corrected chi connectivity index (χ2v) is 5.16. The van der Waals surface area contributed by atoms with Crippen LogP contribution in [0.4, 0.5) is 11.4 Å². The van der Waals surface area contributed by atoms with Crippen LogP contribution in [-0.4, -0.2) is 17.4 Å². The number of amides is 1. The van der Waals surface area contributed by atoms with Crippen LogP contribution in [-0.2, 0) is 0 Å². The van der Waals surface area contributed by atoms with E-state index in [-0.39, 0.29) is 5.91 Å². The molecule has 0 atom stereocenters. The predicted molar refractivity (Wildman–Crippen MR) is 86.9 cm³/mol. The van der Waals surface area contributed by atoms with Crippen molar-refractivity contribution in [3.05, 3.63) is 53.9 Å². The SMILES string of the molecule is CCNc1ccnc(C(=O)Nc2ccccc2C(C)C)c1. The number of pyridine rings is 1. The first-order valence-electron chi connectivity index (χ1n) is 7.22. The van der Waals surface area contributed by atoms with E-state index in [4.69, 9.17) is 0 Å². The van der Waals surface area contributed by atoms with Crippen molar-refractivity contribution in [3.63, 3.8) is 0 Å². The lowest BCUT2D eigenvalue weighted by atomic mass is 10.0. The van der Waals surface area contributed by atoms with E-state index < -0.39 is 0 Å². The number of carbonyl (C=O) groups is 1. The zero-order chi connectivity index (χ0) is 15.2. The summed E-state index contributed by atoms with van der Waals surface area (Å²) in [7, 11) is 0. The van der Waals surface area contributed by atoms with Gasteiger partial charge in [0, 0.05) is 24.1 Å². The number of anilines is 2. The summed E-state index contributed by atoms with van der Waals surface area (Å²) in [5, 5.41) is 6.12. The van der Waals surface area contributed by atoms with Crippen LogP contribution < -0.4 is 10.6 Å². The average molecular weight is 283 g/mol. The fraction of sp³-hybridized carbons (Fsp3) is 0.294. The number of aromatic nitrogens is 1. The Kier molecular flexibility index (Phi) is 4.93. The molecule has 1 heterocycles. The van der Waals surface area contributed by atoms with E-state index >= 15 is 0 Å². The van der Waals surface area contributed by atoms with Crippen LogP contribution in [0.2, 0.25) is 0 Å². The summed E-state index contributed by atoms with van der Waals surface area (Å²) in [5.74, 6) is 0.158. The van der Waals surface area contributed by atoms with Gasteiger partial charge in [-0.25, -0.2) is 0 Å². The standard InChI is InChI=1S/C17H21N3O/c1-4-18-13-9-10-19-16(11-13)17(21)20-15-8-6-5-7-14(15)12(2)3/h5-12H,4H2,1-3H3,(H,18,19)(H,20,21). The molecule has 21 heavy (non-hydrogen) atoms. The molecule has 4 heteroatoms. The van der Waals surface area contributed by atoms with Crippen molar-refractivity contribution in [1.82, 2.24) is 4.98 Å². The summed E-state index contributed by atoms with van der Waals surface area (Å²) >= 11 is 0. The summed E-state index contributed by atoms with van der Waals surface area (Å²) in [6.45, 7) is 7.03. The summed E-state index contributed by atoms with van der Waals surface area (Å²) in [4.78, 5) is 16.5. The molecule has 0 aliphatic heterocycles. The molecular formula is C17H21N3O. The summed E-state index contributed by atoms with van der Waals surface area (Å²) in [5.41, 5.74) is 3.27. The molecule has 0 fully saturated rings. The Bertz CT molecular complexity index is 623. The largest absolute Gasteiger partial charge is 0.385 e. The lowest BCUT2D eigenvalue weighted by Gasteiger charge is -2.13. The van der Waals surface area contributed by atoms with Crippen LogP contribution >= 0.6 is 0 Å². The molecule has 1 amide bonds. The second-order valence-electron chi connectivity index (χ2n) is 5.16. The van der Waals surface area contributed by atoms with Crippen LogP contribution in [0.25, 0.3) is 0 Å². The van der Waals surface area contributed by atoms with E-state index in [1.165, 1.54) is 0 Å². The quantitative estimate of drug-likeness (QED) is 0.875. The van der Waals surface area contributed by atoms with Crippen molar-refractivity contribution in [2.75, 3.05) is 17.2 Å². The van der Waals surface area contributed by atoms with Crippen molar-refractivity contribution >= 4 is 17.3 Å². The Hall–Kier alpha value is -2.36. The van der Waals surface area contributed by atoms with Gasteiger partial charge >= 0.3 is 0 Å². The predicted octanol–water partition coefficient (Wildman–Crippen LogP) is 3.89. The van der Waals surface area contributed by atoms with Crippen LogP contribution in [0.1, 0.15) is 42.7 Å². The van der Waals surface area contributed by atoms with Gasteiger partial charge in [0.05, 0.1) is 0 Å². The zero-order valence-electron chi connectivity index (χ0n) is 12.7. The number of benzene rings is 1. The molecule has 2 N–H and O–H groups in total. The van der Waals surface area contributed by atoms with Gasteiger partial charge in [-0.3, -0.25) is 9.78 Å². The van der Waals surface area contributed by atoms with Gasteiger partial charge in [-0.15, -0.1) is 0 Å². The van der Waals surface area contributed by atoms with Crippen molar-refractivity contribution in [2.45, 2.75) is 26.7 Å². The normalized spacial score (nSPS) is 10.5. The van der Waals surface area contributed by atoms with E-state index in [9.17, 15) is 4.79 Å². The molecule has 2 aromatic rings. The highest BCUT2D eigenvalue weighted by molar-refractivity contribution is 6.03. The van der Waals surface area contributed by atoms with Gasteiger partial charge in [0.15, 0.2) is 0 Å². The number of nitrogens with one attached hydrogen (secondary N) is 2. The first kappa shape index (κ1) is 15.0. The summed E-state index contributed by atoms with van der Waals surface area (Å²) < 4.78 is 0. The Morgan fingerprint density at radius 3 is 2.71 bits per heavy atom. The van der Waals surface area contributed by atoms with Crippen molar-refractivity contribution in [1.29, 1.82) is 0 Å². The molecule has 0 radical (unpaired) electrons. The molecule has 1 aromatic carbocycles. The lowest BCUT2D eigenvalue weighted by Crippen LogP contribution is -2.15. The van der Waals surface area contributed by atoms with Gasteiger partial charge in [-0.05, 0) is 36.6 Å². The summed E-state index contributed by atoms with van der Waals surface area (Å²) in [6, 6.07) is 11.5. The van der Waals surface area contributed by atoms with Gasteiger partial charge < -0.3 is 10.6 Å². The van der Waals surface area contributed by atoms with E-state index in [1.807, 2.05) is 37.3 Å². The Morgan fingerprint density at radius 1 is 1.24 bits per heavy atom. The molecule has 0 aliphatic carbocycles. The van der Waals surface area contributed by atoms with Crippen molar-refractivity contribution in [2.24, 2.45) is 0 Å². The molecule has 0 spiro atoms. The maximum absolute atomic E-state index is 12.3. The lowest BCUT2D eigenvalue weighted by molar-refractivity contribution is 0.102. The van der Waals surface area contributed by atoms with E-state index in [0.29, 0.717) is 11.6 Å². The fourth-order valence-corrected chi connectivity index (χ4v) is 2.17. The molecule has 0 unspecified atom stereocenters. The maximum atomic E-state index is 12.3. The summed E-state index contributed by atoms with van der Waals surface area (Å²) in [6.07, 6.45) is 1.64. The molecule has 0 aliphatic rings. The Balaban J connectivity index is 2.20. The topological polar surface area (TPSA) is 54.0 Å². The highest BCUT2D eigenvalue weighted by Crippen LogP contribution is 2.24. The van der Waals surface area contributed by atoms with Crippen molar-refractivity contribution < 1.29 is 4.79 Å². The third-order valence-corrected chi connectivity index (χ3v) is 3.20. The fourth-order valence-electron chi connectivity index (χ4n) is 2.17. The number of carbonyl (C=O) groups excluding carboxylic acids is 1. The minimum atomic E-state index is -0.192. The van der Waals surface area contributed by atoms with Gasteiger partial charge in [0.1, 0.15) is 5.69 Å².